The van der Waals surface area contributed by atoms with Crippen molar-refractivity contribution in [3.05, 3.63) is 89.7 Å². The minimum absolute atomic E-state index is 0.00903. The smallest absolute Gasteiger partial charge is 0.253 e. The Balaban J connectivity index is 1.38. The lowest BCUT2D eigenvalue weighted by Crippen LogP contribution is -2.36. The molecule has 218 valence electrons. The second-order valence-electron chi connectivity index (χ2n) is 11.3. The highest BCUT2D eigenvalue weighted by Gasteiger charge is 2.24. The van der Waals surface area contributed by atoms with Crippen molar-refractivity contribution in [2.75, 3.05) is 23.3 Å². The fourth-order valence-corrected chi connectivity index (χ4v) is 5.64. The first-order chi connectivity index (χ1) is 20.1. The second kappa shape index (κ2) is 16.6. The number of aromatic nitrogens is 1. The van der Waals surface area contributed by atoms with Crippen LogP contribution in [0.3, 0.4) is 0 Å². The molecule has 1 saturated heterocycles. The number of anilines is 2. The summed E-state index contributed by atoms with van der Waals surface area (Å²) in [7, 11) is 0. The maximum absolute atomic E-state index is 13.5. The number of hydrogen-bond donors (Lipinski definition) is 2. The van der Waals surface area contributed by atoms with Gasteiger partial charge in [0.2, 0.25) is 5.91 Å². The summed E-state index contributed by atoms with van der Waals surface area (Å²) in [6.45, 7) is 4.44. The molecule has 6 heteroatoms. The lowest BCUT2D eigenvalue weighted by Gasteiger charge is -2.35. The van der Waals surface area contributed by atoms with Crippen molar-refractivity contribution < 1.29 is 9.59 Å². The second-order valence-corrected chi connectivity index (χ2v) is 11.3. The van der Waals surface area contributed by atoms with Crippen molar-refractivity contribution in [1.82, 2.24) is 10.3 Å². The largest absolute Gasteiger partial charge is 0.371 e. The third-order valence-corrected chi connectivity index (χ3v) is 8.03. The molecule has 3 aromatic rings. The van der Waals surface area contributed by atoms with Crippen LogP contribution in [0.5, 0.6) is 0 Å². The molecule has 6 nitrogen and oxygen atoms in total. The van der Waals surface area contributed by atoms with Crippen molar-refractivity contribution in [3.8, 4) is 0 Å². The van der Waals surface area contributed by atoms with Crippen LogP contribution in [-0.4, -0.2) is 29.9 Å². The maximum Gasteiger partial charge on any atom is 0.253 e. The summed E-state index contributed by atoms with van der Waals surface area (Å²) >= 11 is 0. The molecule has 0 radical (unpaired) electrons. The zero-order valence-electron chi connectivity index (χ0n) is 24.6. The molecule has 0 spiro atoms. The SMILES string of the molecule is CCCCCCCCCC(=O)Nc1ccc(N2CCC(Cc3ccccc3)CC2)c(C(=O)NCc2cccnc2)c1. The van der Waals surface area contributed by atoms with Crippen LogP contribution < -0.4 is 15.5 Å². The number of nitrogens with zero attached hydrogens (tertiary/aromatic N) is 2. The van der Waals surface area contributed by atoms with Gasteiger partial charge in [-0.2, -0.15) is 0 Å². The summed E-state index contributed by atoms with van der Waals surface area (Å²) in [5.41, 5.74) is 4.54. The Bertz CT molecular complexity index is 1210. The van der Waals surface area contributed by atoms with Gasteiger partial charge in [-0.1, -0.05) is 81.8 Å². The van der Waals surface area contributed by atoms with E-state index in [2.05, 4.69) is 57.8 Å². The Morgan fingerprint density at radius 2 is 1.61 bits per heavy atom. The van der Waals surface area contributed by atoms with Crippen LogP contribution >= 0.6 is 0 Å². The van der Waals surface area contributed by atoms with E-state index in [4.69, 9.17) is 0 Å². The molecule has 0 saturated carbocycles. The van der Waals surface area contributed by atoms with Gasteiger partial charge in [0.25, 0.3) is 5.91 Å². The fourth-order valence-electron chi connectivity index (χ4n) is 5.64. The summed E-state index contributed by atoms with van der Waals surface area (Å²) in [6, 6.07) is 20.3. The number of hydrogen-bond acceptors (Lipinski definition) is 4. The van der Waals surface area contributed by atoms with Crippen LogP contribution in [0, 0.1) is 5.92 Å². The van der Waals surface area contributed by atoms with E-state index in [-0.39, 0.29) is 11.8 Å². The molecular formula is C35H46N4O2. The van der Waals surface area contributed by atoms with Crippen LogP contribution in [0.4, 0.5) is 11.4 Å². The molecule has 4 rings (SSSR count). The van der Waals surface area contributed by atoms with Gasteiger partial charge < -0.3 is 15.5 Å². The Morgan fingerprint density at radius 1 is 0.878 bits per heavy atom. The molecule has 1 aromatic heterocycles. The zero-order valence-corrected chi connectivity index (χ0v) is 24.6. The molecule has 2 heterocycles. The number of pyridine rings is 1. The van der Waals surface area contributed by atoms with Gasteiger partial charge in [-0.05, 0) is 67.0 Å². The van der Waals surface area contributed by atoms with Crippen LogP contribution in [0.15, 0.2) is 73.1 Å². The predicted molar refractivity (Wildman–Crippen MR) is 168 cm³/mol. The summed E-state index contributed by atoms with van der Waals surface area (Å²) < 4.78 is 0. The zero-order chi connectivity index (χ0) is 28.7. The number of carbonyl (C=O) groups is 2. The summed E-state index contributed by atoms with van der Waals surface area (Å²) in [5.74, 6) is 0.509. The highest BCUT2D eigenvalue weighted by Crippen LogP contribution is 2.30. The monoisotopic (exact) mass is 554 g/mol. The average molecular weight is 555 g/mol. The van der Waals surface area contributed by atoms with E-state index in [9.17, 15) is 9.59 Å². The molecule has 2 aromatic carbocycles. The standard InChI is InChI=1S/C35H46N4O2/c1-2-3-4-5-6-7-11-16-34(40)38-31-17-18-33(32(25-31)35(41)37-27-30-15-12-21-36-26-30)39-22-19-29(20-23-39)24-28-13-9-8-10-14-28/h8-10,12-15,17-18,21,25-26,29H,2-7,11,16,19-20,22-24,27H2,1H3,(H,37,41)(H,38,40). The molecule has 0 bridgehead atoms. The van der Waals surface area contributed by atoms with Gasteiger partial charge in [-0.25, -0.2) is 0 Å². The van der Waals surface area contributed by atoms with E-state index < -0.39 is 0 Å². The quantitative estimate of drug-likeness (QED) is 0.190. The molecule has 1 aliphatic heterocycles. The van der Waals surface area contributed by atoms with E-state index in [1.807, 2.05) is 30.3 Å². The van der Waals surface area contributed by atoms with E-state index >= 15 is 0 Å². The van der Waals surface area contributed by atoms with Crippen LogP contribution in [-0.2, 0) is 17.8 Å². The highest BCUT2D eigenvalue weighted by molar-refractivity contribution is 6.02. The van der Waals surface area contributed by atoms with Gasteiger partial charge in [0.05, 0.1) is 5.56 Å². The first kappa shape index (κ1) is 30.3. The third-order valence-electron chi connectivity index (χ3n) is 8.03. The minimum Gasteiger partial charge on any atom is -0.371 e. The minimum atomic E-state index is -0.140. The average Bonchev–Trinajstić information content (AvgIpc) is 3.01. The van der Waals surface area contributed by atoms with Crippen molar-refractivity contribution in [3.63, 3.8) is 0 Å². The Kier molecular flexibility index (Phi) is 12.2. The fraction of sp³-hybridized carbons (Fsp3) is 0.457. The van der Waals surface area contributed by atoms with Crippen LogP contribution in [0.2, 0.25) is 0 Å². The lowest BCUT2D eigenvalue weighted by atomic mass is 9.89. The van der Waals surface area contributed by atoms with Gasteiger partial charge in [0.15, 0.2) is 0 Å². The maximum atomic E-state index is 13.5. The molecule has 1 fully saturated rings. The van der Waals surface area contributed by atoms with Gasteiger partial charge in [0.1, 0.15) is 0 Å². The number of unbranched alkanes of at least 4 members (excludes halogenated alkanes) is 6. The van der Waals surface area contributed by atoms with Crippen molar-refractivity contribution in [2.45, 2.75) is 84.1 Å². The molecule has 0 aliphatic carbocycles. The third kappa shape index (κ3) is 10.0. The Labute approximate surface area is 246 Å². The summed E-state index contributed by atoms with van der Waals surface area (Å²) in [5, 5.41) is 6.10. The molecule has 2 N–H and O–H groups in total. The lowest BCUT2D eigenvalue weighted by molar-refractivity contribution is -0.116. The van der Waals surface area contributed by atoms with E-state index in [1.54, 1.807) is 12.4 Å². The number of rotatable bonds is 15. The van der Waals surface area contributed by atoms with Gasteiger partial charge in [-0.15, -0.1) is 0 Å². The normalized spacial score (nSPS) is 13.6. The number of benzene rings is 2. The number of nitrogens with one attached hydrogen (secondary N) is 2. The predicted octanol–water partition coefficient (Wildman–Crippen LogP) is 7.55. The first-order valence-corrected chi connectivity index (χ1v) is 15.5. The van der Waals surface area contributed by atoms with Gasteiger partial charge >= 0.3 is 0 Å². The molecular weight excluding hydrogens is 508 g/mol. The van der Waals surface area contributed by atoms with E-state index in [0.717, 1.165) is 56.4 Å². The van der Waals surface area contributed by atoms with Crippen molar-refractivity contribution in [2.24, 2.45) is 5.92 Å². The molecule has 0 unspecified atom stereocenters. The molecule has 41 heavy (non-hydrogen) atoms. The number of piperidine rings is 1. The van der Waals surface area contributed by atoms with Gasteiger partial charge in [0, 0.05) is 49.8 Å². The van der Waals surface area contributed by atoms with Crippen molar-refractivity contribution >= 4 is 23.2 Å². The van der Waals surface area contributed by atoms with E-state index in [0.29, 0.717) is 30.1 Å². The summed E-state index contributed by atoms with van der Waals surface area (Å²) in [4.78, 5) is 32.6. The summed E-state index contributed by atoms with van der Waals surface area (Å²) in [6.07, 6.45) is 15.5. The highest BCUT2D eigenvalue weighted by atomic mass is 16.2. The van der Waals surface area contributed by atoms with Gasteiger partial charge in [-0.3, -0.25) is 14.6 Å². The van der Waals surface area contributed by atoms with Crippen LogP contribution in [0.25, 0.3) is 0 Å². The van der Waals surface area contributed by atoms with E-state index in [1.165, 1.54) is 37.7 Å². The molecule has 2 amide bonds. The molecule has 0 atom stereocenters. The number of carbonyl (C=O) groups excluding carboxylic acids is 2. The molecule has 1 aliphatic rings. The number of amides is 2. The van der Waals surface area contributed by atoms with Crippen molar-refractivity contribution in [1.29, 1.82) is 0 Å². The Morgan fingerprint density at radius 3 is 2.34 bits per heavy atom. The first-order valence-electron chi connectivity index (χ1n) is 15.5. The van der Waals surface area contributed by atoms with Crippen LogP contribution in [0.1, 0.15) is 92.6 Å². The Hall–Kier alpha value is -3.67. The topological polar surface area (TPSA) is 74.3 Å².